The SMILES string of the molecule is CCn1cc(-c2cc(C(=O)Nc3cc(Oc4ccc(Cl)cc4C)cc([N+](=O)[O-])c3)c3ccccc3n2)cn1. The number of aryl methyl sites for hydroxylation is 2. The third-order valence-electron chi connectivity index (χ3n) is 5.94. The van der Waals surface area contributed by atoms with E-state index in [0.29, 0.717) is 39.5 Å². The number of anilines is 1. The molecule has 0 saturated carbocycles. The van der Waals surface area contributed by atoms with E-state index in [2.05, 4.69) is 10.4 Å². The Balaban J connectivity index is 1.52. The second kappa shape index (κ2) is 10.3. The first-order valence-electron chi connectivity index (χ1n) is 11.8. The van der Waals surface area contributed by atoms with E-state index >= 15 is 0 Å². The number of fused-ring (bicyclic) bond motifs is 1. The van der Waals surface area contributed by atoms with Crippen molar-refractivity contribution in [2.45, 2.75) is 20.4 Å². The molecular formula is C28H22ClN5O4. The van der Waals surface area contributed by atoms with Gasteiger partial charge < -0.3 is 10.1 Å². The van der Waals surface area contributed by atoms with Crippen LogP contribution in [-0.2, 0) is 6.54 Å². The van der Waals surface area contributed by atoms with Crippen molar-refractivity contribution in [3.05, 3.63) is 105 Å². The van der Waals surface area contributed by atoms with E-state index < -0.39 is 10.8 Å². The predicted octanol–water partition coefficient (Wildman–Crippen LogP) is 7.03. The minimum atomic E-state index is -0.539. The van der Waals surface area contributed by atoms with Crippen LogP contribution in [0.15, 0.2) is 79.1 Å². The van der Waals surface area contributed by atoms with Crippen molar-refractivity contribution in [2.24, 2.45) is 0 Å². The van der Waals surface area contributed by atoms with Crippen molar-refractivity contribution in [1.82, 2.24) is 14.8 Å². The van der Waals surface area contributed by atoms with Crippen LogP contribution in [0.1, 0.15) is 22.8 Å². The van der Waals surface area contributed by atoms with Gasteiger partial charge in [-0.15, -0.1) is 0 Å². The number of nitro groups is 1. The lowest BCUT2D eigenvalue weighted by Crippen LogP contribution is -2.13. The van der Waals surface area contributed by atoms with Crippen LogP contribution in [0.5, 0.6) is 11.5 Å². The molecule has 2 aromatic heterocycles. The highest BCUT2D eigenvalue weighted by Gasteiger charge is 2.18. The molecule has 9 nitrogen and oxygen atoms in total. The van der Waals surface area contributed by atoms with Crippen molar-refractivity contribution < 1.29 is 14.5 Å². The molecule has 0 bridgehead atoms. The van der Waals surface area contributed by atoms with Crippen molar-refractivity contribution in [3.63, 3.8) is 0 Å². The number of nitrogens with zero attached hydrogens (tertiary/aromatic N) is 4. The van der Waals surface area contributed by atoms with Gasteiger partial charge in [-0.1, -0.05) is 29.8 Å². The second-order valence-electron chi connectivity index (χ2n) is 8.60. The van der Waals surface area contributed by atoms with Gasteiger partial charge in [0.1, 0.15) is 11.5 Å². The van der Waals surface area contributed by atoms with E-state index in [4.69, 9.17) is 21.3 Å². The highest BCUT2D eigenvalue weighted by atomic mass is 35.5. The summed E-state index contributed by atoms with van der Waals surface area (Å²) in [6.45, 7) is 4.50. The lowest BCUT2D eigenvalue weighted by molar-refractivity contribution is -0.384. The van der Waals surface area contributed by atoms with Crippen LogP contribution >= 0.6 is 11.6 Å². The summed E-state index contributed by atoms with van der Waals surface area (Å²) >= 11 is 6.03. The molecule has 1 N–H and O–H groups in total. The van der Waals surface area contributed by atoms with Gasteiger partial charge in [-0.3, -0.25) is 19.6 Å². The first kappa shape index (κ1) is 24.9. The maximum atomic E-state index is 13.5. The van der Waals surface area contributed by atoms with Gasteiger partial charge in [0.15, 0.2) is 0 Å². The summed E-state index contributed by atoms with van der Waals surface area (Å²) in [6.07, 6.45) is 3.56. The van der Waals surface area contributed by atoms with Crippen LogP contribution in [0, 0.1) is 17.0 Å². The number of non-ortho nitro benzene ring substituents is 1. The number of ether oxygens (including phenoxy) is 1. The lowest BCUT2D eigenvalue weighted by atomic mass is 10.0. The van der Waals surface area contributed by atoms with Gasteiger partial charge in [0.25, 0.3) is 11.6 Å². The molecule has 0 aliphatic heterocycles. The molecule has 10 heteroatoms. The van der Waals surface area contributed by atoms with Gasteiger partial charge in [-0.2, -0.15) is 5.10 Å². The average molecular weight is 528 g/mol. The summed E-state index contributed by atoms with van der Waals surface area (Å²) in [5.74, 6) is 0.249. The number of nitrogens with one attached hydrogen (secondary N) is 1. The number of hydrogen-bond acceptors (Lipinski definition) is 6. The Kier molecular flexibility index (Phi) is 6.76. The summed E-state index contributed by atoms with van der Waals surface area (Å²) < 4.78 is 7.69. The van der Waals surface area contributed by atoms with Crippen LogP contribution in [0.25, 0.3) is 22.2 Å². The third kappa shape index (κ3) is 5.18. The standard InChI is InChI=1S/C28H22ClN5O4/c1-3-33-16-18(15-30-33)26-14-24(23-6-4-5-7-25(23)32-26)28(35)31-20-11-21(34(36)37)13-22(12-20)38-27-9-8-19(29)10-17(27)2/h4-16H,3H2,1-2H3,(H,31,35). The molecule has 5 rings (SSSR count). The number of carbonyl (C=O) groups excluding carboxylic acids is 1. The molecule has 3 aromatic carbocycles. The van der Waals surface area contributed by atoms with Gasteiger partial charge in [-0.25, -0.2) is 4.98 Å². The fourth-order valence-electron chi connectivity index (χ4n) is 4.05. The molecule has 1 amide bonds. The van der Waals surface area contributed by atoms with Crippen LogP contribution in [0.4, 0.5) is 11.4 Å². The summed E-state index contributed by atoms with van der Waals surface area (Å²) in [5.41, 5.74) is 3.13. The minimum Gasteiger partial charge on any atom is -0.457 e. The van der Waals surface area contributed by atoms with E-state index in [9.17, 15) is 14.9 Å². The molecule has 2 heterocycles. The average Bonchev–Trinajstić information content (AvgIpc) is 3.39. The molecule has 0 radical (unpaired) electrons. The Labute approximate surface area is 222 Å². The summed E-state index contributed by atoms with van der Waals surface area (Å²) in [6, 6.07) is 18.2. The van der Waals surface area contributed by atoms with E-state index in [-0.39, 0.29) is 17.1 Å². The van der Waals surface area contributed by atoms with Crippen LogP contribution < -0.4 is 10.1 Å². The monoisotopic (exact) mass is 527 g/mol. The Morgan fingerprint density at radius 2 is 1.95 bits per heavy atom. The fraction of sp³-hybridized carbons (Fsp3) is 0.107. The van der Waals surface area contributed by atoms with Crippen LogP contribution in [-0.4, -0.2) is 25.6 Å². The van der Waals surface area contributed by atoms with E-state index in [1.54, 1.807) is 35.1 Å². The number of halogens is 1. The number of para-hydroxylation sites is 1. The summed E-state index contributed by atoms with van der Waals surface area (Å²) in [5, 5.41) is 19.9. The molecule has 0 fully saturated rings. The summed E-state index contributed by atoms with van der Waals surface area (Å²) in [7, 11) is 0. The number of pyridine rings is 1. The first-order valence-corrected chi connectivity index (χ1v) is 12.2. The van der Waals surface area contributed by atoms with Crippen molar-refractivity contribution in [1.29, 1.82) is 0 Å². The third-order valence-corrected chi connectivity index (χ3v) is 6.17. The Bertz CT molecular complexity index is 1700. The highest BCUT2D eigenvalue weighted by molar-refractivity contribution is 6.30. The zero-order valence-corrected chi connectivity index (χ0v) is 21.3. The molecular weight excluding hydrogens is 506 g/mol. The van der Waals surface area contributed by atoms with Gasteiger partial charge in [-0.05, 0) is 49.7 Å². The number of nitro benzene ring substituents is 1. The number of hydrogen-bond donors (Lipinski definition) is 1. The zero-order chi connectivity index (χ0) is 26.8. The van der Waals surface area contributed by atoms with Gasteiger partial charge in [0.05, 0.1) is 39.6 Å². The van der Waals surface area contributed by atoms with Crippen LogP contribution in [0.2, 0.25) is 5.02 Å². The molecule has 190 valence electrons. The quantitative estimate of drug-likeness (QED) is 0.179. The molecule has 0 spiro atoms. The highest BCUT2D eigenvalue weighted by Crippen LogP contribution is 2.33. The van der Waals surface area contributed by atoms with E-state index in [0.717, 1.165) is 11.1 Å². The van der Waals surface area contributed by atoms with Crippen molar-refractivity contribution in [3.8, 4) is 22.8 Å². The number of carbonyl (C=O) groups is 1. The maximum absolute atomic E-state index is 13.5. The molecule has 0 aliphatic carbocycles. The predicted molar refractivity (Wildman–Crippen MR) is 146 cm³/mol. The van der Waals surface area contributed by atoms with Crippen molar-refractivity contribution >= 4 is 39.8 Å². The molecule has 0 unspecified atom stereocenters. The Morgan fingerprint density at radius 1 is 1.13 bits per heavy atom. The molecule has 0 atom stereocenters. The number of rotatable bonds is 7. The smallest absolute Gasteiger partial charge is 0.275 e. The zero-order valence-electron chi connectivity index (χ0n) is 20.5. The van der Waals surface area contributed by atoms with Crippen LogP contribution in [0.3, 0.4) is 0 Å². The number of amides is 1. The second-order valence-corrected chi connectivity index (χ2v) is 9.03. The van der Waals surface area contributed by atoms with Crippen molar-refractivity contribution in [2.75, 3.05) is 5.32 Å². The molecule has 5 aromatic rings. The maximum Gasteiger partial charge on any atom is 0.275 e. The largest absolute Gasteiger partial charge is 0.457 e. The Hall–Kier alpha value is -4.76. The number of benzene rings is 3. The number of aromatic nitrogens is 3. The summed E-state index contributed by atoms with van der Waals surface area (Å²) in [4.78, 5) is 29.3. The van der Waals surface area contributed by atoms with E-state index in [1.165, 1.54) is 18.2 Å². The topological polar surface area (TPSA) is 112 Å². The molecule has 0 saturated heterocycles. The minimum absolute atomic E-state index is 0.201. The first-order chi connectivity index (χ1) is 18.3. The molecule has 0 aliphatic rings. The lowest BCUT2D eigenvalue weighted by Gasteiger charge is -2.12. The van der Waals surface area contributed by atoms with Gasteiger partial charge >= 0.3 is 0 Å². The Morgan fingerprint density at radius 3 is 2.68 bits per heavy atom. The fourth-order valence-corrected chi connectivity index (χ4v) is 4.28. The van der Waals surface area contributed by atoms with Gasteiger partial charge in [0, 0.05) is 40.8 Å². The molecule has 38 heavy (non-hydrogen) atoms. The van der Waals surface area contributed by atoms with Gasteiger partial charge in [0.2, 0.25) is 0 Å². The van der Waals surface area contributed by atoms with E-state index in [1.807, 2.05) is 44.3 Å². The normalized spacial score (nSPS) is 10.9.